The number of nitrogens with zero attached hydrogens (tertiary/aromatic N) is 2. The number of aryl methyl sites for hydroxylation is 1. The van der Waals surface area contributed by atoms with Crippen molar-refractivity contribution in [1.29, 1.82) is 0 Å². The largest absolute Gasteiger partial charge is 0.384 e. The van der Waals surface area contributed by atoms with Crippen molar-refractivity contribution in [2.75, 3.05) is 50.5 Å². The van der Waals surface area contributed by atoms with Crippen LogP contribution in [0.25, 0.3) is 0 Å². The van der Waals surface area contributed by atoms with Crippen molar-refractivity contribution in [3.8, 4) is 0 Å². The molecule has 118 valence electrons. The molecule has 0 saturated carbocycles. The summed E-state index contributed by atoms with van der Waals surface area (Å²) in [7, 11) is -1.70. The van der Waals surface area contributed by atoms with Crippen LogP contribution in [0, 0.1) is 6.92 Å². The van der Waals surface area contributed by atoms with Crippen LogP contribution >= 0.6 is 11.6 Å². The molecule has 0 bridgehead atoms. The van der Waals surface area contributed by atoms with Gasteiger partial charge in [0.05, 0.1) is 12.4 Å². The van der Waals surface area contributed by atoms with Crippen molar-refractivity contribution in [1.82, 2.24) is 4.31 Å². The van der Waals surface area contributed by atoms with Gasteiger partial charge in [-0.2, -0.15) is 4.31 Å². The SMILES string of the molecule is COCCS(=O)(=O)N1CCN(c2ccc(Cl)cc2C)CC1. The molecule has 1 heterocycles. The molecule has 1 aromatic carbocycles. The quantitative estimate of drug-likeness (QED) is 0.824. The second-order valence-electron chi connectivity index (χ2n) is 5.13. The monoisotopic (exact) mass is 332 g/mol. The fourth-order valence-corrected chi connectivity index (χ4v) is 4.08. The highest BCUT2D eigenvalue weighted by Crippen LogP contribution is 2.25. The number of anilines is 1. The highest BCUT2D eigenvalue weighted by atomic mass is 35.5. The second-order valence-corrected chi connectivity index (χ2v) is 7.65. The van der Waals surface area contributed by atoms with Crippen LogP contribution < -0.4 is 4.90 Å². The van der Waals surface area contributed by atoms with E-state index >= 15 is 0 Å². The molecule has 1 aliphatic rings. The Morgan fingerprint density at radius 3 is 2.48 bits per heavy atom. The molecule has 0 aliphatic carbocycles. The van der Waals surface area contributed by atoms with Gasteiger partial charge in [-0.15, -0.1) is 0 Å². The summed E-state index contributed by atoms with van der Waals surface area (Å²) in [6.45, 7) is 4.65. The lowest BCUT2D eigenvalue weighted by Crippen LogP contribution is -2.49. The average molecular weight is 333 g/mol. The Labute approximate surface area is 131 Å². The minimum absolute atomic E-state index is 0.0451. The molecule has 21 heavy (non-hydrogen) atoms. The maximum atomic E-state index is 12.1. The van der Waals surface area contributed by atoms with Crippen LogP contribution in [0.4, 0.5) is 5.69 Å². The first-order chi connectivity index (χ1) is 9.94. The fraction of sp³-hybridized carbons (Fsp3) is 0.571. The van der Waals surface area contributed by atoms with Gasteiger partial charge < -0.3 is 9.64 Å². The van der Waals surface area contributed by atoms with E-state index in [1.807, 2.05) is 25.1 Å². The molecule has 0 amide bonds. The van der Waals surface area contributed by atoms with Crippen molar-refractivity contribution in [3.63, 3.8) is 0 Å². The van der Waals surface area contributed by atoms with Crippen LogP contribution in [0.5, 0.6) is 0 Å². The van der Waals surface area contributed by atoms with Gasteiger partial charge >= 0.3 is 0 Å². The maximum absolute atomic E-state index is 12.1. The molecule has 1 saturated heterocycles. The van der Waals surface area contributed by atoms with Gasteiger partial charge in [0.15, 0.2) is 0 Å². The number of sulfonamides is 1. The third kappa shape index (κ3) is 4.10. The summed E-state index contributed by atoms with van der Waals surface area (Å²) in [6.07, 6.45) is 0. The standard InChI is InChI=1S/C14H21ClN2O3S/c1-12-11-13(15)3-4-14(12)16-5-7-17(8-6-16)21(18,19)10-9-20-2/h3-4,11H,5-10H2,1-2H3. The van der Waals surface area contributed by atoms with E-state index in [1.165, 1.54) is 7.11 Å². The van der Waals surface area contributed by atoms with Gasteiger partial charge in [0.2, 0.25) is 10.0 Å². The molecule has 0 atom stereocenters. The summed E-state index contributed by atoms with van der Waals surface area (Å²) in [6, 6.07) is 5.79. The topological polar surface area (TPSA) is 49.9 Å². The molecular weight excluding hydrogens is 312 g/mol. The normalized spacial score (nSPS) is 17.2. The fourth-order valence-electron chi connectivity index (χ4n) is 2.50. The summed E-state index contributed by atoms with van der Waals surface area (Å²) >= 11 is 5.97. The van der Waals surface area contributed by atoms with Crippen LogP contribution in [0.15, 0.2) is 18.2 Å². The second kappa shape index (κ2) is 6.96. The zero-order valence-corrected chi connectivity index (χ0v) is 14.0. The van der Waals surface area contributed by atoms with Crippen LogP contribution in [-0.2, 0) is 14.8 Å². The van der Waals surface area contributed by atoms with Crippen molar-refractivity contribution in [2.24, 2.45) is 0 Å². The van der Waals surface area contributed by atoms with E-state index < -0.39 is 10.0 Å². The van der Waals surface area contributed by atoms with Gasteiger partial charge in [-0.1, -0.05) is 11.6 Å². The number of ether oxygens (including phenoxy) is 1. The molecule has 0 aromatic heterocycles. The van der Waals surface area contributed by atoms with Crippen molar-refractivity contribution in [3.05, 3.63) is 28.8 Å². The Kier molecular flexibility index (Phi) is 5.48. The van der Waals surface area contributed by atoms with Crippen molar-refractivity contribution in [2.45, 2.75) is 6.92 Å². The first-order valence-electron chi connectivity index (χ1n) is 6.92. The van der Waals surface area contributed by atoms with E-state index in [9.17, 15) is 8.42 Å². The van der Waals surface area contributed by atoms with Crippen molar-refractivity contribution >= 4 is 27.3 Å². The summed E-state index contributed by atoms with van der Waals surface area (Å²) in [5.74, 6) is 0.0451. The molecule has 1 aromatic rings. The zero-order chi connectivity index (χ0) is 15.5. The number of rotatable bonds is 5. The summed E-state index contributed by atoms with van der Waals surface area (Å²) in [4.78, 5) is 2.20. The summed E-state index contributed by atoms with van der Waals surface area (Å²) in [5, 5.41) is 0.719. The molecule has 2 rings (SSSR count). The Morgan fingerprint density at radius 2 is 1.90 bits per heavy atom. The third-order valence-corrected chi connectivity index (χ3v) is 5.75. The predicted octanol–water partition coefficient (Wildman–Crippen LogP) is 1.75. The van der Waals surface area contributed by atoms with Crippen LogP contribution in [-0.4, -0.2) is 58.4 Å². The number of hydrogen-bond acceptors (Lipinski definition) is 4. The van der Waals surface area contributed by atoms with E-state index in [2.05, 4.69) is 4.90 Å². The smallest absolute Gasteiger partial charge is 0.216 e. The van der Waals surface area contributed by atoms with E-state index in [0.29, 0.717) is 26.2 Å². The zero-order valence-electron chi connectivity index (χ0n) is 12.4. The van der Waals surface area contributed by atoms with E-state index in [1.54, 1.807) is 4.31 Å². The van der Waals surface area contributed by atoms with Crippen LogP contribution in [0.1, 0.15) is 5.56 Å². The Bertz CT molecular complexity index is 584. The van der Waals surface area contributed by atoms with Gasteiger partial charge in [0.25, 0.3) is 0 Å². The first-order valence-corrected chi connectivity index (χ1v) is 8.90. The average Bonchev–Trinajstić information content (AvgIpc) is 2.45. The van der Waals surface area contributed by atoms with Gasteiger partial charge in [-0.25, -0.2) is 8.42 Å². The molecular formula is C14H21ClN2O3S. The Morgan fingerprint density at radius 1 is 1.24 bits per heavy atom. The predicted molar refractivity (Wildman–Crippen MR) is 85.6 cm³/mol. The molecule has 0 N–H and O–H groups in total. The number of benzene rings is 1. The number of methoxy groups -OCH3 is 1. The maximum Gasteiger partial charge on any atom is 0.216 e. The molecule has 0 radical (unpaired) electrons. The van der Waals surface area contributed by atoms with Gasteiger partial charge in [-0.05, 0) is 30.7 Å². The van der Waals surface area contributed by atoms with E-state index in [0.717, 1.165) is 16.3 Å². The number of hydrogen-bond donors (Lipinski definition) is 0. The highest BCUT2D eigenvalue weighted by Gasteiger charge is 2.27. The molecule has 0 unspecified atom stereocenters. The molecule has 5 nitrogen and oxygen atoms in total. The number of halogens is 1. The van der Waals surface area contributed by atoms with Gasteiger partial charge in [0.1, 0.15) is 0 Å². The molecule has 7 heteroatoms. The van der Waals surface area contributed by atoms with Crippen LogP contribution in [0.2, 0.25) is 5.02 Å². The minimum Gasteiger partial charge on any atom is -0.384 e. The lowest BCUT2D eigenvalue weighted by molar-refractivity contribution is 0.215. The van der Waals surface area contributed by atoms with E-state index in [-0.39, 0.29) is 12.4 Å². The molecule has 0 spiro atoms. The summed E-state index contributed by atoms with van der Waals surface area (Å²) in [5.41, 5.74) is 2.23. The van der Waals surface area contributed by atoms with Gasteiger partial charge in [0, 0.05) is 44.0 Å². The Hall–Kier alpha value is -0.820. The third-order valence-electron chi connectivity index (χ3n) is 3.68. The van der Waals surface area contributed by atoms with Crippen LogP contribution in [0.3, 0.4) is 0 Å². The Balaban J connectivity index is 2.00. The lowest BCUT2D eigenvalue weighted by atomic mass is 10.1. The number of piperazine rings is 1. The summed E-state index contributed by atoms with van der Waals surface area (Å²) < 4.78 is 30.6. The molecule has 1 fully saturated rings. The van der Waals surface area contributed by atoms with E-state index in [4.69, 9.17) is 16.3 Å². The minimum atomic E-state index is -3.21. The highest BCUT2D eigenvalue weighted by molar-refractivity contribution is 7.89. The first kappa shape index (κ1) is 16.5. The van der Waals surface area contributed by atoms with Crippen molar-refractivity contribution < 1.29 is 13.2 Å². The lowest BCUT2D eigenvalue weighted by Gasteiger charge is -2.36. The molecule has 1 aliphatic heterocycles. The van der Waals surface area contributed by atoms with Gasteiger partial charge in [-0.3, -0.25) is 0 Å².